The summed E-state index contributed by atoms with van der Waals surface area (Å²) in [5, 5.41) is 4.49. The third kappa shape index (κ3) is 5.61. The van der Waals surface area contributed by atoms with E-state index in [0.717, 1.165) is 27.3 Å². The first-order chi connectivity index (χ1) is 24.0. The van der Waals surface area contributed by atoms with Crippen molar-refractivity contribution < 1.29 is 42.1 Å². The predicted molar refractivity (Wildman–Crippen MR) is 186 cm³/mol. The van der Waals surface area contributed by atoms with E-state index in [1.807, 2.05) is 127 Å². The van der Waals surface area contributed by atoms with E-state index >= 15 is 0 Å². The first kappa shape index (κ1) is 30.5. The Kier molecular flexibility index (Phi) is 7.88. The molecule has 1 aliphatic rings. The molecule has 0 spiro atoms. The molecule has 0 bridgehead atoms. The SMILES string of the molecule is O=C([O][Ti]([O]C(=O)c1cccc2ccccc12)([O]C(=O)c1cccc2ccccc12)[CH]1C=Cc2ccccc21)c1cccc2ccccc12. The maximum atomic E-state index is 14.4. The molecule has 7 heteroatoms. The van der Waals surface area contributed by atoms with Gasteiger partial charge in [-0.25, -0.2) is 0 Å². The zero-order chi connectivity index (χ0) is 33.4. The number of fused-ring (bicyclic) bond motifs is 4. The first-order valence-electron chi connectivity index (χ1n) is 15.9. The van der Waals surface area contributed by atoms with Crippen molar-refractivity contribution in [3.8, 4) is 0 Å². The Morgan fingerprint density at radius 3 is 1.24 bits per heavy atom. The summed E-state index contributed by atoms with van der Waals surface area (Å²) in [6.45, 7) is 0. The van der Waals surface area contributed by atoms with E-state index in [-0.39, 0.29) is 16.7 Å². The van der Waals surface area contributed by atoms with Crippen LogP contribution in [0.1, 0.15) is 46.4 Å². The normalized spacial score (nSPS) is 13.7. The molecule has 0 saturated heterocycles. The molecule has 236 valence electrons. The minimum atomic E-state index is -5.52. The number of allylic oxidation sites excluding steroid dienone is 1. The van der Waals surface area contributed by atoms with Gasteiger partial charge in [0.05, 0.1) is 0 Å². The van der Waals surface area contributed by atoms with Gasteiger partial charge in [0.25, 0.3) is 0 Å². The van der Waals surface area contributed by atoms with Crippen LogP contribution in [-0.4, -0.2) is 17.9 Å². The van der Waals surface area contributed by atoms with E-state index in [9.17, 15) is 14.4 Å². The van der Waals surface area contributed by atoms with Crippen LogP contribution in [-0.2, 0) is 27.7 Å². The molecule has 0 aliphatic heterocycles. The van der Waals surface area contributed by atoms with Crippen LogP contribution in [0.2, 0.25) is 0 Å². The van der Waals surface area contributed by atoms with Crippen LogP contribution in [0.3, 0.4) is 0 Å². The van der Waals surface area contributed by atoms with Gasteiger partial charge in [-0.2, -0.15) is 0 Å². The fourth-order valence-corrected chi connectivity index (χ4v) is 10.6. The van der Waals surface area contributed by atoms with E-state index in [1.165, 1.54) is 0 Å². The number of rotatable bonds is 7. The molecule has 1 atom stereocenters. The van der Waals surface area contributed by atoms with E-state index < -0.39 is 39.9 Å². The molecule has 1 aliphatic carbocycles. The summed E-state index contributed by atoms with van der Waals surface area (Å²) < 4.78 is 18.7. The molecular weight excluding hydrogens is 648 g/mol. The standard InChI is InChI=1S/3C11H8O2.C9H7.Ti/c3*12-11(13)10-7-3-5-8-4-1-2-6-9(8)10;1-2-5-9-7-3-6-8(9)4-1;/h3*1-7H,(H,12,13);1-7H;/q;;;;+3/p-3. The van der Waals surface area contributed by atoms with Crippen LogP contribution >= 0.6 is 0 Å². The molecule has 1 unspecified atom stereocenters. The summed E-state index contributed by atoms with van der Waals surface area (Å²) in [6.07, 6.45) is 3.69. The fourth-order valence-electron chi connectivity index (χ4n) is 6.57. The van der Waals surface area contributed by atoms with Gasteiger partial charge in [-0.15, -0.1) is 0 Å². The number of hydrogen-bond donors (Lipinski definition) is 0. The molecule has 0 radical (unpaired) electrons. The van der Waals surface area contributed by atoms with Crippen molar-refractivity contribution in [1.82, 2.24) is 0 Å². The third-order valence-corrected chi connectivity index (χ3v) is 13.1. The van der Waals surface area contributed by atoms with Crippen molar-refractivity contribution in [3.05, 3.63) is 186 Å². The molecule has 0 amide bonds. The van der Waals surface area contributed by atoms with Gasteiger partial charge in [-0.05, 0) is 0 Å². The average Bonchev–Trinajstić information content (AvgIpc) is 3.59. The van der Waals surface area contributed by atoms with Gasteiger partial charge in [-0.1, -0.05) is 0 Å². The minimum absolute atomic E-state index is 0.269. The molecule has 8 rings (SSSR count). The predicted octanol–water partition coefficient (Wildman–Crippen LogP) is 9.68. The molecule has 0 saturated carbocycles. The molecule has 0 fully saturated rings. The van der Waals surface area contributed by atoms with E-state index in [4.69, 9.17) is 9.96 Å². The number of carbonyl (C=O) groups excluding carboxylic acids is 3. The van der Waals surface area contributed by atoms with Gasteiger partial charge >= 0.3 is 288 Å². The number of carbonyl (C=O) groups is 3. The molecule has 0 aromatic heterocycles. The van der Waals surface area contributed by atoms with E-state index in [2.05, 4.69) is 0 Å². The summed E-state index contributed by atoms with van der Waals surface area (Å²) in [7, 11) is 0. The average molecular weight is 677 g/mol. The topological polar surface area (TPSA) is 78.9 Å². The van der Waals surface area contributed by atoms with E-state index in [1.54, 1.807) is 36.4 Å². The van der Waals surface area contributed by atoms with Gasteiger partial charge in [0.2, 0.25) is 0 Å². The summed E-state index contributed by atoms with van der Waals surface area (Å²) in [5.74, 6) is -2.23. The molecule has 6 nitrogen and oxygen atoms in total. The quantitative estimate of drug-likeness (QED) is 0.157. The van der Waals surface area contributed by atoms with E-state index in [0.29, 0.717) is 16.2 Å². The Hall–Kier alpha value is -5.82. The van der Waals surface area contributed by atoms with Crippen LogP contribution in [0.5, 0.6) is 0 Å². The Morgan fingerprint density at radius 1 is 0.429 bits per heavy atom. The van der Waals surface area contributed by atoms with Crippen molar-refractivity contribution in [1.29, 1.82) is 0 Å². The van der Waals surface area contributed by atoms with Crippen LogP contribution < -0.4 is 0 Å². The van der Waals surface area contributed by atoms with Crippen molar-refractivity contribution in [2.75, 3.05) is 0 Å². The van der Waals surface area contributed by atoms with Crippen LogP contribution in [0.4, 0.5) is 0 Å². The Morgan fingerprint density at radius 2 is 0.796 bits per heavy atom. The molecule has 7 aromatic rings. The monoisotopic (exact) mass is 676 g/mol. The second-order valence-corrected chi connectivity index (χ2v) is 15.6. The Balaban J connectivity index is 1.31. The fraction of sp³-hybridized carbons (Fsp3) is 0.0238. The number of hydrogen-bond acceptors (Lipinski definition) is 6. The molecule has 7 aromatic carbocycles. The van der Waals surface area contributed by atoms with Crippen LogP contribution in [0, 0.1) is 0 Å². The zero-order valence-corrected chi connectivity index (χ0v) is 27.7. The van der Waals surface area contributed by atoms with Crippen LogP contribution in [0.25, 0.3) is 38.4 Å². The third-order valence-electron chi connectivity index (χ3n) is 8.91. The first-order valence-corrected chi connectivity index (χ1v) is 18.7. The van der Waals surface area contributed by atoms with Gasteiger partial charge in [-0.3, -0.25) is 0 Å². The van der Waals surface area contributed by atoms with Crippen molar-refractivity contribution in [3.63, 3.8) is 0 Å². The summed E-state index contributed by atoms with van der Waals surface area (Å²) in [4.78, 5) is 43.3. The Bertz CT molecular complexity index is 2230. The molecular formula is C42H28O6Ti. The van der Waals surface area contributed by atoms with Gasteiger partial charge in [0.1, 0.15) is 0 Å². The van der Waals surface area contributed by atoms with Crippen LogP contribution in [0.15, 0.2) is 158 Å². The summed E-state index contributed by atoms with van der Waals surface area (Å²) >= 11 is -5.52. The second-order valence-electron chi connectivity index (χ2n) is 11.8. The van der Waals surface area contributed by atoms with Gasteiger partial charge in [0.15, 0.2) is 0 Å². The summed E-state index contributed by atoms with van der Waals surface area (Å²) in [6, 6.07) is 45.9. The molecule has 0 heterocycles. The maximum absolute atomic E-state index is 14.4. The second kappa shape index (κ2) is 12.7. The van der Waals surface area contributed by atoms with Gasteiger partial charge < -0.3 is 0 Å². The summed E-state index contributed by atoms with van der Waals surface area (Å²) in [5.41, 5.74) is 2.40. The van der Waals surface area contributed by atoms with Crippen molar-refractivity contribution in [2.24, 2.45) is 0 Å². The van der Waals surface area contributed by atoms with Crippen molar-refractivity contribution >= 4 is 56.3 Å². The molecule has 49 heavy (non-hydrogen) atoms. The van der Waals surface area contributed by atoms with Gasteiger partial charge in [0, 0.05) is 0 Å². The number of benzene rings is 7. The Labute approximate surface area is 287 Å². The zero-order valence-electron chi connectivity index (χ0n) is 26.1. The van der Waals surface area contributed by atoms with Crippen molar-refractivity contribution in [2.45, 2.75) is 4.22 Å². The molecule has 0 N–H and O–H groups in total.